The molecule has 1 rings (SSSR count). The predicted octanol–water partition coefficient (Wildman–Crippen LogP) is 3.02. The molecule has 1 N–H and O–H groups in total. The molecule has 100 valence electrons. The highest BCUT2D eigenvalue weighted by Gasteiger charge is 2.04. The van der Waals surface area contributed by atoms with Crippen LogP contribution in [0.15, 0.2) is 36.4 Å². The zero-order chi connectivity index (χ0) is 13.4. The number of ether oxygens (including phenoxy) is 2. The molecule has 0 aliphatic heterocycles. The third kappa shape index (κ3) is 5.23. The second-order valence-corrected chi connectivity index (χ2v) is 4.45. The van der Waals surface area contributed by atoms with Crippen molar-refractivity contribution < 1.29 is 9.47 Å². The van der Waals surface area contributed by atoms with E-state index < -0.39 is 0 Å². The van der Waals surface area contributed by atoms with Crippen LogP contribution in [0.4, 0.5) is 0 Å². The molecule has 18 heavy (non-hydrogen) atoms. The van der Waals surface area contributed by atoms with Crippen molar-refractivity contribution >= 4 is 0 Å². The minimum Gasteiger partial charge on any atom is -0.490 e. The van der Waals surface area contributed by atoms with E-state index in [1.165, 1.54) is 0 Å². The topological polar surface area (TPSA) is 30.5 Å². The lowest BCUT2D eigenvalue weighted by molar-refractivity contribution is 0.291. The van der Waals surface area contributed by atoms with Gasteiger partial charge in [-0.25, -0.2) is 0 Å². The van der Waals surface area contributed by atoms with Crippen molar-refractivity contribution in [1.29, 1.82) is 0 Å². The quantitative estimate of drug-likeness (QED) is 0.718. The highest BCUT2D eigenvalue weighted by atomic mass is 16.5. The van der Waals surface area contributed by atoms with Crippen molar-refractivity contribution in [2.45, 2.75) is 26.8 Å². The molecular formula is C15H23NO2. The lowest BCUT2D eigenvalue weighted by Crippen LogP contribution is -2.26. The Labute approximate surface area is 110 Å². The SMILES string of the molecule is C=C(CNC(C)C)COc1ccccc1OCC. The molecule has 0 saturated carbocycles. The van der Waals surface area contributed by atoms with Crippen LogP contribution < -0.4 is 14.8 Å². The summed E-state index contributed by atoms with van der Waals surface area (Å²) >= 11 is 0. The van der Waals surface area contributed by atoms with Gasteiger partial charge in [0.15, 0.2) is 11.5 Å². The zero-order valence-electron chi connectivity index (χ0n) is 11.5. The molecule has 0 radical (unpaired) electrons. The zero-order valence-corrected chi connectivity index (χ0v) is 11.5. The van der Waals surface area contributed by atoms with Crippen LogP contribution in [0.1, 0.15) is 20.8 Å². The molecule has 3 heteroatoms. The summed E-state index contributed by atoms with van der Waals surface area (Å²) in [5.41, 5.74) is 1.02. The van der Waals surface area contributed by atoms with Gasteiger partial charge in [0.25, 0.3) is 0 Å². The fraction of sp³-hybridized carbons (Fsp3) is 0.467. The van der Waals surface area contributed by atoms with Crippen LogP contribution in [0.5, 0.6) is 11.5 Å². The molecule has 0 unspecified atom stereocenters. The van der Waals surface area contributed by atoms with Gasteiger partial charge in [0.1, 0.15) is 6.61 Å². The number of nitrogens with one attached hydrogen (secondary N) is 1. The van der Waals surface area contributed by atoms with E-state index in [0.717, 1.165) is 23.6 Å². The van der Waals surface area contributed by atoms with Crippen molar-refractivity contribution in [3.63, 3.8) is 0 Å². The van der Waals surface area contributed by atoms with Crippen LogP contribution in [0.3, 0.4) is 0 Å². The Hall–Kier alpha value is -1.48. The van der Waals surface area contributed by atoms with Crippen LogP contribution in [-0.4, -0.2) is 25.8 Å². The molecule has 1 aromatic rings. The van der Waals surface area contributed by atoms with Gasteiger partial charge in [-0.2, -0.15) is 0 Å². The lowest BCUT2D eigenvalue weighted by atomic mass is 10.3. The predicted molar refractivity (Wildman–Crippen MR) is 75.4 cm³/mol. The Morgan fingerprint density at radius 3 is 2.39 bits per heavy atom. The average molecular weight is 249 g/mol. The summed E-state index contributed by atoms with van der Waals surface area (Å²) in [6, 6.07) is 8.15. The Bertz CT molecular complexity index is 375. The maximum Gasteiger partial charge on any atom is 0.161 e. The number of rotatable bonds is 8. The van der Waals surface area contributed by atoms with E-state index >= 15 is 0 Å². The van der Waals surface area contributed by atoms with Crippen LogP contribution in [0, 0.1) is 0 Å². The first-order chi connectivity index (χ1) is 8.63. The molecule has 0 spiro atoms. The Kier molecular flexibility index (Phi) is 6.29. The molecule has 0 amide bonds. The van der Waals surface area contributed by atoms with Crippen LogP contribution in [-0.2, 0) is 0 Å². The van der Waals surface area contributed by atoms with Gasteiger partial charge in [0.05, 0.1) is 6.61 Å². The molecule has 0 aromatic heterocycles. The Balaban J connectivity index is 2.45. The van der Waals surface area contributed by atoms with Crippen molar-refractivity contribution in [3.8, 4) is 11.5 Å². The summed E-state index contributed by atoms with van der Waals surface area (Å²) in [4.78, 5) is 0. The standard InChI is InChI=1S/C15H23NO2/c1-5-17-14-8-6-7-9-15(14)18-11-13(4)10-16-12(2)3/h6-9,12,16H,4-5,10-11H2,1-3H3. The highest BCUT2D eigenvalue weighted by molar-refractivity contribution is 5.39. The van der Waals surface area contributed by atoms with E-state index in [9.17, 15) is 0 Å². The molecule has 0 saturated heterocycles. The third-order valence-electron chi connectivity index (χ3n) is 2.34. The molecule has 0 aliphatic rings. The van der Waals surface area contributed by atoms with Gasteiger partial charge in [-0.15, -0.1) is 0 Å². The molecular weight excluding hydrogens is 226 g/mol. The highest BCUT2D eigenvalue weighted by Crippen LogP contribution is 2.26. The summed E-state index contributed by atoms with van der Waals surface area (Å²) in [6.07, 6.45) is 0. The van der Waals surface area contributed by atoms with Gasteiger partial charge in [-0.05, 0) is 24.6 Å². The minimum absolute atomic E-state index is 0.456. The molecule has 1 aromatic carbocycles. The first kappa shape index (κ1) is 14.6. The maximum atomic E-state index is 5.72. The Morgan fingerprint density at radius 1 is 1.22 bits per heavy atom. The maximum absolute atomic E-state index is 5.72. The van der Waals surface area contributed by atoms with Gasteiger partial charge in [0, 0.05) is 12.6 Å². The van der Waals surface area contributed by atoms with Gasteiger partial charge < -0.3 is 14.8 Å². The van der Waals surface area contributed by atoms with Crippen LogP contribution in [0.25, 0.3) is 0 Å². The van der Waals surface area contributed by atoms with E-state index in [4.69, 9.17) is 9.47 Å². The fourth-order valence-electron chi connectivity index (χ4n) is 1.42. The number of hydrogen-bond acceptors (Lipinski definition) is 3. The minimum atomic E-state index is 0.456. The van der Waals surface area contributed by atoms with E-state index in [-0.39, 0.29) is 0 Å². The average Bonchev–Trinajstić information content (AvgIpc) is 2.35. The van der Waals surface area contributed by atoms with E-state index in [1.807, 2.05) is 31.2 Å². The summed E-state index contributed by atoms with van der Waals surface area (Å²) in [5.74, 6) is 1.55. The van der Waals surface area contributed by atoms with E-state index in [2.05, 4.69) is 25.7 Å². The first-order valence-corrected chi connectivity index (χ1v) is 6.38. The van der Waals surface area contributed by atoms with Crippen molar-refractivity contribution in [2.75, 3.05) is 19.8 Å². The fourth-order valence-corrected chi connectivity index (χ4v) is 1.42. The Morgan fingerprint density at radius 2 is 1.83 bits per heavy atom. The van der Waals surface area contributed by atoms with Gasteiger partial charge in [0.2, 0.25) is 0 Å². The third-order valence-corrected chi connectivity index (χ3v) is 2.34. The monoisotopic (exact) mass is 249 g/mol. The van der Waals surface area contributed by atoms with Gasteiger partial charge in [-0.1, -0.05) is 32.6 Å². The second kappa shape index (κ2) is 7.77. The number of benzene rings is 1. The molecule has 0 atom stereocenters. The van der Waals surface area contributed by atoms with E-state index in [1.54, 1.807) is 0 Å². The van der Waals surface area contributed by atoms with Gasteiger partial charge >= 0.3 is 0 Å². The van der Waals surface area contributed by atoms with Crippen molar-refractivity contribution in [3.05, 3.63) is 36.4 Å². The smallest absolute Gasteiger partial charge is 0.161 e. The largest absolute Gasteiger partial charge is 0.490 e. The molecule has 0 bridgehead atoms. The van der Waals surface area contributed by atoms with Crippen molar-refractivity contribution in [2.24, 2.45) is 0 Å². The summed E-state index contributed by atoms with van der Waals surface area (Å²) in [5, 5.41) is 3.31. The van der Waals surface area contributed by atoms with Crippen LogP contribution >= 0.6 is 0 Å². The lowest BCUT2D eigenvalue weighted by Gasteiger charge is -2.14. The molecule has 0 fully saturated rings. The number of hydrogen-bond donors (Lipinski definition) is 1. The normalized spacial score (nSPS) is 10.4. The molecule has 0 aliphatic carbocycles. The summed E-state index contributed by atoms with van der Waals surface area (Å²) in [7, 11) is 0. The molecule has 0 heterocycles. The number of para-hydroxylation sites is 2. The first-order valence-electron chi connectivity index (χ1n) is 6.38. The van der Waals surface area contributed by atoms with E-state index in [0.29, 0.717) is 19.3 Å². The second-order valence-electron chi connectivity index (χ2n) is 4.45. The molecule has 3 nitrogen and oxygen atoms in total. The van der Waals surface area contributed by atoms with Gasteiger partial charge in [-0.3, -0.25) is 0 Å². The van der Waals surface area contributed by atoms with Crippen LogP contribution in [0.2, 0.25) is 0 Å². The summed E-state index contributed by atoms with van der Waals surface area (Å²) < 4.78 is 11.2. The van der Waals surface area contributed by atoms with Crippen molar-refractivity contribution in [1.82, 2.24) is 5.32 Å². The summed E-state index contributed by atoms with van der Waals surface area (Å²) in [6.45, 7) is 12.1.